The van der Waals surface area contributed by atoms with E-state index in [4.69, 9.17) is 4.74 Å². The molecule has 1 N–H and O–H groups in total. The van der Waals surface area contributed by atoms with E-state index in [1.807, 2.05) is 19.1 Å². The topological polar surface area (TPSA) is 93.5 Å². The van der Waals surface area contributed by atoms with Gasteiger partial charge in [-0.2, -0.15) is 9.40 Å². The fourth-order valence-corrected chi connectivity index (χ4v) is 5.58. The van der Waals surface area contributed by atoms with Crippen molar-refractivity contribution in [2.45, 2.75) is 52.0 Å². The summed E-state index contributed by atoms with van der Waals surface area (Å²) in [5, 5.41) is 7.17. The molecule has 0 unspecified atom stereocenters. The number of carbonyl (C=O) groups is 1. The van der Waals surface area contributed by atoms with Crippen molar-refractivity contribution in [1.29, 1.82) is 0 Å². The van der Waals surface area contributed by atoms with Crippen LogP contribution in [0.1, 0.15) is 38.1 Å². The van der Waals surface area contributed by atoms with E-state index in [1.54, 1.807) is 26.0 Å². The molecule has 2 heterocycles. The van der Waals surface area contributed by atoms with E-state index in [1.165, 1.54) is 8.99 Å². The summed E-state index contributed by atoms with van der Waals surface area (Å²) < 4.78 is 34.9. The molecule has 0 bridgehead atoms. The van der Waals surface area contributed by atoms with Crippen LogP contribution >= 0.6 is 0 Å². The molecule has 1 amide bonds. The number of carbonyl (C=O) groups excluding carboxylic acids is 1. The first kappa shape index (κ1) is 22.3. The molecule has 30 heavy (non-hydrogen) atoms. The quantitative estimate of drug-likeness (QED) is 0.723. The number of amides is 1. The molecule has 0 spiro atoms. The Hall–Kier alpha value is -2.39. The lowest BCUT2D eigenvalue weighted by atomic mass is 10.0. The second-order valence-electron chi connectivity index (χ2n) is 7.72. The molecule has 1 aromatic carbocycles. The van der Waals surface area contributed by atoms with Crippen LogP contribution in [0.25, 0.3) is 0 Å². The van der Waals surface area contributed by atoms with Gasteiger partial charge < -0.3 is 10.1 Å². The molecule has 0 atom stereocenters. The van der Waals surface area contributed by atoms with Crippen LogP contribution in [-0.4, -0.2) is 48.1 Å². The van der Waals surface area contributed by atoms with Gasteiger partial charge in [-0.05, 0) is 51.7 Å². The number of nitrogens with zero attached hydrogens (tertiary/aromatic N) is 3. The monoisotopic (exact) mass is 434 g/mol. The predicted molar refractivity (Wildman–Crippen MR) is 115 cm³/mol. The number of aromatic nitrogens is 2. The molecule has 0 saturated carbocycles. The molecule has 2 aromatic rings. The zero-order valence-corrected chi connectivity index (χ0v) is 18.8. The number of anilines is 1. The number of hydrogen-bond donors (Lipinski definition) is 1. The summed E-state index contributed by atoms with van der Waals surface area (Å²) in [6, 6.07) is 7.19. The molecule has 8 nitrogen and oxygen atoms in total. The van der Waals surface area contributed by atoms with Gasteiger partial charge in [0.25, 0.3) is 0 Å². The van der Waals surface area contributed by atoms with Gasteiger partial charge in [0.15, 0.2) is 0 Å². The molecule has 1 aliphatic heterocycles. The molecule has 1 aliphatic rings. The Labute approximate surface area is 178 Å². The van der Waals surface area contributed by atoms with Gasteiger partial charge in [-0.3, -0.25) is 9.48 Å². The minimum absolute atomic E-state index is 0.0836. The number of piperidine rings is 1. The number of ether oxygens (including phenoxy) is 1. The molecule has 0 radical (unpaired) electrons. The highest BCUT2D eigenvalue weighted by Crippen LogP contribution is 2.28. The molecule has 3 rings (SSSR count). The number of aryl methyl sites for hydroxylation is 1. The maximum atomic E-state index is 13.2. The number of rotatable bonds is 7. The van der Waals surface area contributed by atoms with E-state index in [-0.39, 0.29) is 17.3 Å². The SMILES string of the molecule is CCOc1ccccc1NC(=O)Cn1nc(C)c(S(=O)(=O)N2CCC(C)CC2)c1C. The van der Waals surface area contributed by atoms with Crippen LogP contribution in [0.3, 0.4) is 0 Å². The number of para-hydroxylation sites is 2. The third kappa shape index (κ3) is 4.67. The van der Waals surface area contributed by atoms with Crippen LogP contribution in [0.2, 0.25) is 0 Å². The Balaban J connectivity index is 1.78. The van der Waals surface area contributed by atoms with Crippen LogP contribution < -0.4 is 10.1 Å². The lowest BCUT2D eigenvalue weighted by molar-refractivity contribution is -0.117. The highest BCUT2D eigenvalue weighted by Gasteiger charge is 2.33. The first-order chi connectivity index (χ1) is 14.2. The minimum Gasteiger partial charge on any atom is -0.492 e. The maximum absolute atomic E-state index is 13.2. The Morgan fingerprint density at radius 2 is 1.90 bits per heavy atom. The van der Waals surface area contributed by atoms with Gasteiger partial charge in [-0.25, -0.2) is 8.42 Å². The summed E-state index contributed by atoms with van der Waals surface area (Å²) in [5.74, 6) is 0.817. The zero-order chi connectivity index (χ0) is 21.9. The van der Waals surface area contributed by atoms with E-state index in [0.29, 0.717) is 48.4 Å². The van der Waals surface area contributed by atoms with E-state index in [0.717, 1.165) is 12.8 Å². The van der Waals surface area contributed by atoms with Gasteiger partial charge in [-0.1, -0.05) is 19.1 Å². The molecule has 164 valence electrons. The first-order valence-electron chi connectivity index (χ1n) is 10.3. The van der Waals surface area contributed by atoms with Crippen molar-refractivity contribution in [3.05, 3.63) is 35.7 Å². The largest absolute Gasteiger partial charge is 0.492 e. The van der Waals surface area contributed by atoms with E-state index >= 15 is 0 Å². The summed E-state index contributed by atoms with van der Waals surface area (Å²) >= 11 is 0. The number of nitrogens with one attached hydrogen (secondary N) is 1. The summed E-state index contributed by atoms with van der Waals surface area (Å²) in [4.78, 5) is 12.8. The van der Waals surface area contributed by atoms with Gasteiger partial charge in [0.1, 0.15) is 17.2 Å². The van der Waals surface area contributed by atoms with Gasteiger partial charge in [0, 0.05) is 13.1 Å². The predicted octanol–water partition coefficient (Wildman–Crippen LogP) is 2.96. The van der Waals surface area contributed by atoms with Crippen molar-refractivity contribution in [1.82, 2.24) is 14.1 Å². The third-order valence-corrected chi connectivity index (χ3v) is 7.56. The van der Waals surface area contributed by atoms with Crippen molar-refractivity contribution < 1.29 is 17.9 Å². The van der Waals surface area contributed by atoms with Crippen molar-refractivity contribution in [2.24, 2.45) is 5.92 Å². The Kier molecular flexibility index (Phi) is 6.82. The fourth-order valence-electron chi connectivity index (χ4n) is 3.74. The van der Waals surface area contributed by atoms with Crippen LogP contribution in [0.15, 0.2) is 29.2 Å². The fraction of sp³-hybridized carbons (Fsp3) is 0.524. The third-order valence-electron chi connectivity index (χ3n) is 5.41. The zero-order valence-electron chi connectivity index (χ0n) is 18.0. The highest BCUT2D eigenvalue weighted by atomic mass is 32.2. The standard InChI is InChI=1S/C21H30N4O4S/c1-5-29-19-9-7-6-8-18(19)22-20(26)14-25-17(4)21(16(3)23-25)30(27,28)24-12-10-15(2)11-13-24/h6-9,15H,5,10-14H2,1-4H3,(H,22,26). The Morgan fingerprint density at radius 1 is 1.23 bits per heavy atom. The van der Waals surface area contributed by atoms with Crippen molar-refractivity contribution in [3.8, 4) is 5.75 Å². The Morgan fingerprint density at radius 3 is 2.57 bits per heavy atom. The Bertz CT molecular complexity index is 1010. The van der Waals surface area contributed by atoms with Crippen LogP contribution in [0.4, 0.5) is 5.69 Å². The first-order valence-corrected chi connectivity index (χ1v) is 11.7. The van der Waals surface area contributed by atoms with Crippen molar-refractivity contribution in [2.75, 3.05) is 25.0 Å². The lowest BCUT2D eigenvalue weighted by Gasteiger charge is -2.29. The summed E-state index contributed by atoms with van der Waals surface area (Å²) in [7, 11) is -3.64. The lowest BCUT2D eigenvalue weighted by Crippen LogP contribution is -2.38. The molecule has 1 fully saturated rings. The average molecular weight is 435 g/mol. The molecule has 9 heteroatoms. The number of benzene rings is 1. The van der Waals surface area contributed by atoms with Crippen LogP contribution in [0, 0.1) is 19.8 Å². The molecular weight excluding hydrogens is 404 g/mol. The summed E-state index contributed by atoms with van der Waals surface area (Å²) in [6.07, 6.45) is 1.71. The van der Waals surface area contributed by atoms with Gasteiger partial charge in [0.2, 0.25) is 15.9 Å². The molecule has 0 aliphatic carbocycles. The molecular formula is C21H30N4O4S. The maximum Gasteiger partial charge on any atom is 0.246 e. The molecule has 1 aromatic heterocycles. The van der Waals surface area contributed by atoms with E-state index in [9.17, 15) is 13.2 Å². The highest BCUT2D eigenvalue weighted by molar-refractivity contribution is 7.89. The number of sulfonamides is 1. The second kappa shape index (κ2) is 9.18. The van der Waals surface area contributed by atoms with Crippen molar-refractivity contribution in [3.63, 3.8) is 0 Å². The minimum atomic E-state index is -3.64. The second-order valence-corrected chi connectivity index (χ2v) is 9.60. The van der Waals surface area contributed by atoms with Gasteiger partial charge in [-0.15, -0.1) is 0 Å². The van der Waals surface area contributed by atoms with Crippen molar-refractivity contribution >= 4 is 21.6 Å². The smallest absolute Gasteiger partial charge is 0.246 e. The van der Waals surface area contributed by atoms with E-state index < -0.39 is 10.0 Å². The summed E-state index contributed by atoms with van der Waals surface area (Å²) in [5.41, 5.74) is 1.45. The van der Waals surface area contributed by atoms with Crippen LogP contribution in [0.5, 0.6) is 5.75 Å². The summed E-state index contributed by atoms with van der Waals surface area (Å²) in [6.45, 7) is 8.82. The number of hydrogen-bond acceptors (Lipinski definition) is 5. The average Bonchev–Trinajstić information content (AvgIpc) is 2.97. The van der Waals surface area contributed by atoms with E-state index in [2.05, 4.69) is 17.3 Å². The van der Waals surface area contributed by atoms with Gasteiger partial charge >= 0.3 is 0 Å². The normalized spacial score (nSPS) is 15.9. The van der Waals surface area contributed by atoms with Crippen LogP contribution in [-0.2, 0) is 21.4 Å². The van der Waals surface area contributed by atoms with Gasteiger partial charge in [0.05, 0.1) is 23.7 Å². The molecule has 1 saturated heterocycles.